The maximum atomic E-state index is 13.4. The molecule has 1 heterocycles. The van der Waals surface area contributed by atoms with Crippen molar-refractivity contribution in [1.29, 1.82) is 0 Å². The molecule has 2 rings (SSSR count). The van der Waals surface area contributed by atoms with Crippen LogP contribution in [0.2, 0.25) is 5.02 Å². The molecule has 0 aliphatic carbocycles. The van der Waals surface area contributed by atoms with Gasteiger partial charge in [-0.25, -0.2) is 18.0 Å². The zero-order chi connectivity index (χ0) is 16.3. The van der Waals surface area contributed by atoms with Crippen LogP contribution in [0.3, 0.4) is 0 Å². The molecule has 22 heavy (non-hydrogen) atoms. The Morgan fingerprint density at radius 2 is 2.23 bits per heavy atom. The third-order valence-electron chi connectivity index (χ3n) is 3.30. The molecule has 4 nitrogen and oxygen atoms in total. The molecule has 122 valence electrons. The molecule has 0 aromatic heterocycles. The molecule has 8 heteroatoms. The summed E-state index contributed by atoms with van der Waals surface area (Å²) in [5.41, 5.74) is 0.509. The quantitative estimate of drug-likeness (QED) is 0.901. The van der Waals surface area contributed by atoms with Gasteiger partial charge in [-0.2, -0.15) is 0 Å². The second kappa shape index (κ2) is 6.75. The van der Waals surface area contributed by atoms with Gasteiger partial charge in [0.05, 0.1) is 19.2 Å². The van der Waals surface area contributed by atoms with Gasteiger partial charge in [-0.05, 0) is 24.6 Å². The lowest BCUT2D eigenvalue weighted by atomic mass is 10.1. The maximum absolute atomic E-state index is 13.4. The summed E-state index contributed by atoms with van der Waals surface area (Å²) in [6, 6.07) is 2.62. The molecule has 1 aromatic carbocycles. The van der Waals surface area contributed by atoms with Crippen molar-refractivity contribution >= 4 is 17.6 Å². The Kier molecular flexibility index (Phi) is 5.18. The molecule has 1 atom stereocenters. The van der Waals surface area contributed by atoms with Crippen molar-refractivity contribution in [3.8, 4) is 0 Å². The van der Waals surface area contributed by atoms with Gasteiger partial charge >= 0.3 is 6.03 Å². The summed E-state index contributed by atoms with van der Waals surface area (Å²) in [6.45, 7) is 0.363. The van der Waals surface area contributed by atoms with Crippen LogP contribution in [0.25, 0.3) is 0 Å². The first-order valence-corrected chi connectivity index (χ1v) is 7.12. The fourth-order valence-electron chi connectivity index (χ4n) is 2.18. The fraction of sp³-hybridized carbons (Fsp3) is 0.500. The number of carbonyl (C=O) groups excluding carboxylic acids is 1. The minimum atomic E-state index is -3.08. The first-order chi connectivity index (χ1) is 10.3. The molecule has 1 aliphatic heterocycles. The molecular weight excluding hydrogens is 321 g/mol. The third kappa shape index (κ3) is 4.27. The highest BCUT2D eigenvalue weighted by atomic mass is 35.5. The minimum absolute atomic E-state index is 0.0503. The molecule has 1 aliphatic rings. The van der Waals surface area contributed by atoms with Gasteiger partial charge in [0, 0.05) is 11.6 Å². The number of halogens is 4. The van der Waals surface area contributed by atoms with Gasteiger partial charge in [0.1, 0.15) is 12.4 Å². The monoisotopic (exact) mass is 336 g/mol. The summed E-state index contributed by atoms with van der Waals surface area (Å²) in [7, 11) is 0. The van der Waals surface area contributed by atoms with Crippen LogP contribution >= 0.6 is 11.6 Å². The SMILES string of the molecule is C[C@H](NC(=O)N1CCOCC(F)(F)C1)c1ccc(F)cc1Cl. The van der Waals surface area contributed by atoms with Gasteiger partial charge in [-0.15, -0.1) is 0 Å². The normalized spacial score (nSPS) is 19.4. The number of benzene rings is 1. The van der Waals surface area contributed by atoms with E-state index in [0.717, 1.165) is 11.0 Å². The number of amides is 2. The van der Waals surface area contributed by atoms with E-state index in [9.17, 15) is 18.0 Å². The lowest BCUT2D eigenvalue weighted by Crippen LogP contribution is -2.46. The van der Waals surface area contributed by atoms with Crippen LogP contribution in [0, 0.1) is 5.82 Å². The second-order valence-corrected chi connectivity index (χ2v) is 5.57. The average Bonchev–Trinajstić information content (AvgIpc) is 2.59. The maximum Gasteiger partial charge on any atom is 0.318 e. The molecule has 0 spiro atoms. The number of ether oxygens (including phenoxy) is 1. The summed E-state index contributed by atoms with van der Waals surface area (Å²) in [6.07, 6.45) is 0. The number of nitrogens with zero attached hydrogens (tertiary/aromatic N) is 1. The van der Waals surface area contributed by atoms with E-state index in [4.69, 9.17) is 16.3 Å². The molecule has 2 amide bonds. The third-order valence-corrected chi connectivity index (χ3v) is 3.62. The van der Waals surface area contributed by atoms with Crippen molar-refractivity contribution in [2.24, 2.45) is 0 Å². The summed E-state index contributed by atoms with van der Waals surface area (Å²) in [4.78, 5) is 13.1. The van der Waals surface area contributed by atoms with E-state index in [-0.39, 0.29) is 18.2 Å². The van der Waals surface area contributed by atoms with E-state index in [0.29, 0.717) is 5.56 Å². The number of alkyl halides is 2. The van der Waals surface area contributed by atoms with Crippen molar-refractivity contribution in [2.45, 2.75) is 18.9 Å². The van der Waals surface area contributed by atoms with E-state index in [1.807, 2.05) is 0 Å². The van der Waals surface area contributed by atoms with Crippen molar-refractivity contribution in [2.75, 3.05) is 26.3 Å². The first-order valence-electron chi connectivity index (χ1n) is 6.74. The fourth-order valence-corrected chi connectivity index (χ4v) is 2.51. The van der Waals surface area contributed by atoms with Crippen LogP contribution < -0.4 is 5.32 Å². The van der Waals surface area contributed by atoms with Crippen molar-refractivity contribution in [3.63, 3.8) is 0 Å². The van der Waals surface area contributed by atoms with E-state index in [1.165, 1.54) is 12.1 Å². The minimum Gasteiger partial charge on any atom is -0.373 e. The summed E-state index contributed by atoms with van der Waals surface area (Å²) >= 11 is 5.92. The van der Waals surface area contributed by atoms with Crippen molar-refractivity contribution in [3.05, 3.63) is 34.6 Å². The van der Waals surface area contributed by atoms with Crippen LogP contribution in [-0.2, 0) is 4.74 Å². The number of hydrogen-bond donors (Lipinski definition) is 1. The number of urea groups is 1. The molecule has 0 saturated carbocycles. The van der Waals surface area contributed by atoms with Gasteiger partial charge in [0.15, 0.2) is 0 Å². The molecule has 0 bridgehead atoms. The number of nitrogens with one attached hydrogen (secondary N) is 1. The van der Waals surface area contributed by atoms with E-state index < -0.39 is 37.0 Å². The van der Waals surface area contributed by atoms with Crippen molar-refractivity contribution < 1.29 is 22.7 Å². The molecular formula is C14H16ClF3N2O2. The second-order valence-electron chi connectivity index (χ2n) is 5.17. The molecule has 0 radical (unpaired) electrons. The van der Waals surface area contributed by atoms with E-state index >= 15 is 0 Å². The Balaban J connectivity index is 2.04. The number of carbonyl (C=O) groups is 1. The summed E-state index contributed by atoms with van der Waals surface area (Å²) in [5, 5.41) is 2.75. The van der Waals surface area contributed by atoms with Crippen LogP contribution in [0.15, 0.2) is 18.2 Å². The van der Waals surface area contributed by atoms with Crippen LogP contribution in [-0.4, -0.2) is 43.2 Å². The molecule has 1 saturated heterocycles. The standard InChI is InChI=1S/C14H16ClF3N2O2/c1-9(11-3-2-10(16)6-12(11)15)19-13(21)20-4-5-22-8-14(17,18)7-20/h2-3,6,9H,4-5,7-8H2,1H3,(H,19,21)/t9-/m0/s1. The van der Waals surface area contributed by atoms with E-state index in [2.05, 4.69) is 5.32 Å². The molecule has 1 fully saturated rings. The summed E-state index contributed by atoms with van der Waals surface area (Å²) < 4.78 is 44.7. The van der Waals surface area contributed by atoms with Gasteiger partial charge in [0.2, 0.25) is 0 Å². The van der Waals surface area contributed by atoms with Crippen LogP contribution in [0.4, 0.5) is 18.0 Å². The van der Waals surface area contributed by atoms with Gasteiger partial charge in [-0.3, -0.25) is 0 Å². The topological polar surface area (TPSA) is 41.6 Å². The molecule has 1 N–H and O–H groups in total. The largest absolute Gasteiger partial charge is 0.373 e. The predicted octanol–water partition coefficient (Wildman–Crippen LogP) is 3.22. The summed E-state index contributed by atoms with van der Waals surface area (Å²) in [5.74, 6) is -3.57. The Bertz CT molecular complexity index is 557. The average molecular weight is 337 g/mol. The number of rotatable bonds is 2. The Hall–Kier alpha value is -1.47. The van der Waals surface area contributed by atoms with Gasteiger partial charge < -0.3 is 15.0 Å². The Morgan fingerprint density at radius 1 is 1.50 bits per heavy atom. The molecule has 1 aromatic rings. The Morgan fingerprint density at radius 3 is 2.91 bits per heavy atom. The number of hydrogen-bond acceptors (Lipinski definition) is 2. The highest BCUT2D eigenvalue weighted by molar-refractivity contribution is 6.31. The smallest absolute Gasteiger partial charge is 0.318 e. The van der Waals surface area contributed by atoms with E-state index in [1.54, 1.807) is 6.92 Å². The zero-order valence-electron chi connectivity index (χ0n) is 11.9. The Labute approximate surface area is 131 Å². The van der Waals surface area contributed by atoms with Crippen LogP contribution in [0.5, 0.6) is 0 Å². The first kappa shape index (κ1) is 16.9. The van der Waals surface area contributed by atoms with Gasteiger partial charge in [-0.1, -0.05) is 17.7 Å². The zero-order valence-corrected chi connectivity index (χ0v) is 12.7. The highest BCUT2D eigenvalue weighted by Crippen LogP contribution is 2.24. The lowest BCUT2D eigenvalue weighted by Gasteiger charge is -2.26. The highest BCUT2D eigenvalue weighted by Gasteiger charge is 2.36. The van der Waals surface area contributed by atoms with Crippen LogP contribution in [0.1, 0.15) is 18.5 Å². The molecule has 0 unspecified atom stereocenters. The van der Waals surface area contributed by atoms with Gasteiger partial charge in [0.25, 0.3) is 5.92 Å². The lowest BCUT2D eigenvalue weighted by molar-refractivity contribution is -0.0652. The predicted molar refractivity (Wildman–Crippen MR) is 75.7 cm³/mol. The van der Waals surface area contributed by atoms with Crippen molar-refractivity contribution in [1.82, 2.24) is 10.2 Å².